The van der Waals surface area contributed by atoms with Crippen LogP contribution < -0.4 is 4.90 Å². The van der Waals surface area contributed by atoms with Gasteiger partial charge in [-0.25, -0.2) is 4.98 Å². The van der Waals surface area contributed by atoms with E-state index in [9.17, 15) is 5.11 Å². The van der Waals surface area contributed by atoms with Gasteiger partial charge in [0.1, 0.15) is 0 Å². The van der Waals surface area contributed by atoms with E-state index in [2.05, 4.69) is 30.7 Å². The summed E-state index contributed by atoms with van der Waals surface area (Å²) in [5.41, 5.74) is 1.39. The van der Waals surface area contributed by atoms with Crippen molar-refractivity contribution in [3.8, 4) is 0 Å². The first-order valence-corrected chi connectivity index (χ1v) is 8.51. The van der Waals surface area contributed by atoms with Crippen LogP contribution in [0.4, 0.5) is 5.13 Å². The summed E-state index contributed by atoms with van der Waals surface area (Å²) in [5, 5.41) is 10.9. The van der Waals surface area contributed by atoms with E-state index in [4.69, 9.17) is 0 Å². The minimum Gasteiger partial charge on any atom is -0.388 e. The van der Waals surface area contributed by atoms with E-state index in [0.717, 1.165) is 34.7 Å². The van der Waals surface area contributed by atoms with Crippen molar-refractivity contribution in [3.05, 3.63) is 10.6 Å². The average molecular weight is 296 g/mol. The van der Waals surface area contributed by atoms with Crippen molar-refractivity contribution in [2.45, 2.75) is 60.0 Å². The number of anilines is 1. The highest BCUT2D eigenvalue weighted by atomic mass is 32.1. The smallest absolute Gasteiger partial charge is 0.185 e. The van der Waals surface area contributed by atoms with E-state index in [-0.39, 0.29) is 0 Å². The van der Waals surface area contributed by atoms with Crippen molar-refractivity contribution < 1.29 is 5.11 Å². The molecule has 0 bridgehead atoms. The Morgan fingerprint density at radius 3 is 2.55 bits per heavy atom. The van der Waals surface area contributed by atoms with Crippen LogP contribution in [0.3, 0.4) is 0 Å². The van der Waals surface area contributed by atoms with Crippen molar-refractivity contribution in [2.24, 2.45) is 11.3 Å². The maximum atomic E-state index is 9.77. The standard InChI is InChI=1S/C16H28N2OS/c1-11-14(12(2)19)20-15(17-11)18-9-6-7-13(8-10-18)16(3,4)5/h12-13,19H,6-10H2,1-5H3. The maximum Gasteiger partial charge on any atom is 0.185 e. The number of thiazole rings is 1. The molecule has 1 aromatic rings. The van der Waals surface area contributed by atoms with E-state index < -0.39 is 6.10 Å². The number of aliphatic hydroxyl groups excluding tert-OH is 1. The highest BCUT2D eigenvalue weighted by Crippen LogP contribution is 2.37. The van der Waals surface area contributed by atoms with Gasteiger partial charge in [-0.3, -0.25) is 0 Å². The van der Waals surface area contributed by atoms with Gasteiger partial charge in [-0.15, -0.1) is 0 Å². The predicted molar refractivity (Wildman–Crippen MR) is 86.5 cm³/mol. The molecular weight excluding hydrogens is 268 g/mol. The number of hydrogen-bond donors (Lipinski definition) is 1. The topological polar surface area (TPSA) is 36.4 Å². The second kappa shape index (κ2) is 6.02. The Morgan fingerprint density at radius 2 is 2.00 bits per heavy atom. The van der Waals surface area contributed by atoms with E-state index in [1.54, 1.807) is 11.3 Å². The first kappa shape index (κ1) is 15.8. The Bertz CT molecular complexity index is 448. The molecule has 0 radical (unpaired) electrons. The van der Waals surface area contributed by atoms with Gasteiger partial charge in [-0.05, 0) is 44.4 Å². The molecule has 1 aliphatic rings. The molecule has 1 fully saturated rings. The second-order valence-corrected chi connectivity index (χ2v) is 8.11. The summed E-state index contributed by atoms with van der Waals surface area (Å²) < 4.78 is 0. The summed E-state index contributed by atoms with van der Waals surface area (Å²) in [6.07, 6.45) is 3.39. The molecular formula is C16H28N2OS. The molecule has 2 rings (SSSR count). The van der Waals surface area contributed by atoms with Crippen molar-refractivity contribution >= 4 is 16.5 Å². The zero-order chi connectivity index (χ0) is 14.9. The largest absolute Gasteiger partial charge is 0.388 e. The number of aryl methyl sites for hydroxylation is 1. The quantitative estimate of drug-likeness (QED) is 0.890. The molecule has 1 aromatic heterocycles. The Morgan fingerprint density at radius 1 is 1.30 bits per heavy atom. The molecule has 1 N–H and O–H groups in total. The van der Waals surface area contributed by atoms with Crippen LogP contribution in [0.25, 0.3) is 0 Å². The molecule has 114 valence electrons. The number of aliphatic hydroxyl groups is 1. The van der Waals surface area contributed by atoms with Crippen molar-refractivity contribution in [2.75, 3.05) is 18.0 Å². The zero-order valence-electron chi connectivity index (χ0n) is 13.4. The summed E-state index contributed by atoms with van der Waals surface area (Å²) in [7, 11) is 0. The highest BCUT2D eigenvalue weighted by Gasteiger charge is 2.28. The molecule has 2 heterocycles. The maximum absolute atomic E-state index is 9.77. The average Bonchev–Trinajstić information content (AvgIpc) is 2.58. The normalized spacial score (nSPS) is 22.7. The number of nitrogens with zero attached hydrogens (tertiary/aromatic N) is 2. The Labute approximate surface area is 127 Å². The van der Waals surface area contributed by atoms with Gasteiger partial charge in [0.15, 0.2) is 5.13 Å². The summed E-state index contributed by atoms with van der Waals surface area (Å²) in [6.45, 7) is 13.1. The van der Waals surface area contributed by atoms with Crippen LogP contribution in [0.5, 0.6) is 0 Å². The van der Waals surface area contributed by atoms with Gasteiger partial charge < -0.3 is 10.0 Å². The van der Waals surface area contributed by atoms with Gasteiger partial charge in [0.05, 0.1) is 16.7 Å². The van der Waals surface area contributed by atoms with Gasteiger partial charge in [-0.2, -0.15) is 0 Å². The molecule has 20 heavy (non-hydrogen) atoms. The lowest BCUT2D eigenvalue weighted by Gasteiger charge is -2.29. The van der Waals surface area contributed by atoms with Crippen LogP contribution in [-0.4, -0.2) is 23.2 Å². The monoisotopic (exact) mass is 296 g/mol. The Balaban J connectivity index is 2.09. The fourth-order valence-electron chi connectivity index (χ4n) is 3.07. The molecule has 0 aromatic carbocycles. The van der Waals surface area contributed by atoms with E-state index >= 15 is 0 Å². The van der Waals surface area contributed by atoms with Crippen molar-refractivity contribution in [1.82, 2.24) is 4.98 Å². The molecule has 0 amide bonds. The molecule has 2 unspecified atom stereocenters. The van der Waals surface area contributed by atoms with Crippen LogP contribution in [0.1, 0.15) is 63.6 Å². The predicted octanol–water partition coefficient (Wildman–Crippen LogP) is 4.16. The minimum atomic E-state index is -0.407. The first-order valence-electron chi connectivity index (χ1n) is 7.69. The Hall–Kier alpha value is -0.610. The van der Waals surface area contributed by atoms with E-state index in [1.807, 2.05) is 13.8 Å². The van der Waals surface area contributed by atoms with Gasteiger partial charge >= 0.3 is 0 Å². The number of rotatable bonds is 2. The van der Waals surface area contributed by atoms with E-state index in [0.29, 0.717) is 5.41 Å². The lowest BCUT2D eigenvalue weighted by molar-refractivity contribution is 0.202. The lowest BCUT2D eigenvalue weighted by Crippen LogP contribution is -2.25. The van der Waals surface area contributed by atoms with Gasteiger partial charge in [0, 0.05) is 13.1 Å². The summed E-state index contributed by atoms with van der Waals surface area (Å²) >= 11 is 1.66. The third kappa shape index (κ3) is 3.53. The van der Waals surface area contributed by atoms with Crippen molar-refractivity contribution in [1.29, 1.82) is 0 Å². The molecule has 3 nitrogen and oxygen atoms in total. The molecule has 2 atom stereocenters. The second-order valence-electron chi connectivity index (χ2n) is 7.10. The molecule has 0 saturated carbocycles. The summed E-state index contributed by atoms with van der Waals surface area (Å²) in [5.74, 6) is 0.796. The van der Waals surface area contributed by atoms with Gasteiger partial charge in [0.2, 0.25) is 0 Å². The molecule has 1 aliphatic heterocycles. The highest BCUT2D eigenvalue weighted by molar-refractivity contribution is 7.15. The molecule has 0 spiro atoms. The first-order chi connectivity index (χ1) is 9.29. The lowest BCUT2D eigenvalue weighted by atomic mass is 9.77. The fraction of sp³-hybridized carbons (Fsp3) is 0.812. The molecule has 1 saturated heterocycles. The molecule has 4 heteroatoms. The van der Waals surface area contributed by atoms with Crippen LogP contribution in [0.2, 0.25) is 0 Å². The zero-order valence-corrected chi connectivity index (χ0v) is 14.3. The fourth-order valence-corrected chi connectivity index (χ4v) is 4.12. The minimum absolute atomic E-state index is 0.402. The van der Waals surface area contributed by atoms with Crippen LogP contribution in [0, 0.1) is 18.3 Å². The summed E-state index contributed by atoms with van der Waals surface area (Å²) in [4.78, 5) is 8.09. The van der Waals surface area contributed by atoms with E-state index in [1.165, 1.54) is 19.3 Å². The van der Waals surface area contributed by atoms with Gasteiger partial charge in [-0.1, -0.05) is 32.1 Å². The third-order valence-corrected chi connectivity index (χ3v) is 5.81. The summed E-state index contributed by atoms with van der Waals surface area (Å²) in [6, 6.07) is 0. The SMILES string of the molecule is Cc1nc(N2CCCC(C(C)(C)C)CC2)sc1C(C)O. The number of aromatic nitrogens is 1. The van der Waals surface area contributed by atoms with Crippen molar-refractivity contribution in [3.63, 3.8) is 0 Å². The van der Waals surface area contributed by atoms with Crippen LogP contribution >= 0.6 is 11.3 Å². The van der Waals surface area contributed by atoms with Crippen LogP contribution in [-0.2, 0) is 0 Å². The number of hydrogen-bond acceptors (Lipinski definition) is 4. The van der Waals surface area contributed by atoms with Gasteiger partial charge in [0.25, 0.3) is 0 Å². The van der Waals surface area contributed by atoms with Crippen LogP contribution in [0.15, 0.2) is 0 Å². The Kier molecular flexibility index (Phi) is 4.75. The third-order valence-electron chi connectivity index (χ3n) is 4.42. The molecule has 0 aliphatic carbocycles.